The molecule has 134 valence electrons. The highest BCUT2D eigenvalue weighted by Crippen LogP contribution is 2.24. The molecule has 1 heterocycles. The molecule has 3 N–H and O–H groups in total. The van der Waals surface area contributed by atoms with Gasteiger partial charge in [0.2, 0.25) is 0 Å². The van der Waals surface area contributed by atoms with Crippen LogP contribution in [0.5, 0.6) is 5.75 Å². The summed E-state index contributed by atoms with van der Waals surface area (Å²) in [4.78, 5) is 12.3. The van der Waals surface area contributed by atoms with Crippen molar-refractivity contribution in [3.8, 4) is 5.75 Å². The number of piperidine rings is 1. The summed E-state index contributed by atoms with van der Waals surface area (Å²) >= 11 is 0. The Kier molecular flexibility index (Phi) is 5.28. The van der Waals surface area contributed by atoms with E-state index >= 15 is 0 Å². The number of aryl methyl sites for hydroxylation is 2. The van der Waals surface area contributed by atoms with Crippen LogP contribution in [0.2, 0.25) is 0 Å². The minimum Gasteiger partial charge on any atom is -0.483 e. The summed E-state index contributed by atoms with van der Waals surface area (Å²) in [6.07, 6.45) is 1.95. The molecule has 0 spiro atoms. The van der Waals surface area contributed by atoms with Gasteiger partial charge in [0, 0.05) is 18.9 Å². The van der Waals surface area contributed by atoms with E-state index in [0.29, 0.717) is 0 Å². The Hall–Kier alpha value is -1.55. The van der Waals surface area contributed by atoms with Crippen LogP contribution in [-0.2, 0) is 4.79 Å². The Labute approximate surface area is 146 Å². The van der Waals surface area contributed by atoms with E-state index in [1.807, 2.05) is 19.9 Å². The molecule has 4 nitrogen and oxygen atoms in total. The summed E-state index contributed by atoms with van der Waals surface area (Å²) in [6.45, 7) is 15.2. The van der Waals surface area contributed by atoms with E-state index in [1.54, 1.807) is 0 Å². The third-order valence-electron chi connectivity index (χ3n) is 4.81. The summed E-state index contributed by atoms with van der Waals surface area (Å²) in [5.41, 5.74) is 3.73. The van der Waals surface area contributed by atoms with Crippen LogP contribution in [0.1, 0.15) is 57.2 Å². The maximum atomic E-state index is 12.3. The molecule has 1 amide bonds. The highest BCUT2D eigenvalue weighted by Gasteiger charge is 2.42. The lowest BCUT2D eigenvalue weighted by Crippen LogP contribution is -3.06. The van der Waals surface area contributed by atoms with Crippen LogP contribution < -0.4 is 15.4 Å². The average Bonchev–Trinajstić information content (AvgIpc) is 2.37. The van der Waals surface area contributed by atoms with E-state index in [4.69, 9.17) is 4.74 Å². The lowest BCUT2D eigenvalue weighted by Gasteiger charge is -2.43. The largest absolute Gasteiger partial charge is 0.483 e. The topological polar surface area (TPSA) is 54.9 Å². The highest BCUT2D eigenvalue weighted by molar-refractivity contribution is 5.78. The van der Waals surface area contributed by atoms with Gasteiger partial charge in [0.1, 0.15) is 5.75 Å². The van der Waals surface area contributed by atoms with Crippen molar-refractivity contribution >= 4 is 5.91 Å². The number of rotatable bonds is 4. The van der Waals surface area contributed by atoms with Crippen molar-refractivity contribution < 1.29 is 14.8 Å². The molecule has 0 saturated carbocycles. The lowest BCUT2D eigenvalue weighted by molar-refractivity contribution is -0.787. The zero-order valence-corrected chi connectivity index (χ0v) is 16.2. The van der Waals surface area contributed by atoms with E-state index in [2.05, 4.69) is 51.3 Å². The van der Waals surface area contributed by atoms with Crippen LogP contribution in [0.25, 0.3) is 0 Å². The van der Waals surface area contributed by atoms with Gasteiger partial charge in [-0.3, -0.25) is 4.79 Å². The minimum absolute atomic E-state index is 0.0351. The van der Waals surface area contributed by atoms with Crippen molar-refractivity contribution in [3.63, 3.8) is 0 Å². The van der Waals surface area contributed by atoms with Crippen LogP contribution in [0, 0.1) is 20.8 Å². The van der Waals surface area contributed by atoms with Gasteiger partial charge in [-0.05, 0) is 71.2 Å². The standard InChI is InChI=1S/C20H32N2O2/c1-13-8-14(2)15(3)17(9-13)24-12-18(23)21-16-10-19(4,5)22-20(6,7)11-16/h8-9,16,22H,10-12H2,1-7H3,(H,21,23)/p+1. The molecule has 0 aromatic heterocycles. The molecule has 1 saturated heterocycles. The highest BCUT2D eigenvalue weighted by atomic mass is 16.5. The van der Waals surface area contributed by atoms with Crippen LogP contribution in [0.4, 0.5) is 0 Å². The summed E-state index contributed by atoms with van der Waals surface area (Å²) < 4.78 is 5.79. The molecule has 1 aromatic carbocycles. The zero-order chi connectivity index (χ0) is 18.1. The molecular formula is C20H33N2O2+. The Balaban J connectivity index is 1.94. The summed E-state index contributed by atoms with van der Waals surface area (Å²) in [7, 11) is 0. The predicted molar refractivity (Wildman–Crippen MR) is 97.4 cm³/mol. The van der Waals surface area contributed by atoms with Gasteiger partial charge >= 0.3 is 0 Å². The Morgan fingerprint density at radius 3 is 2.33 bits per heavy atom. The molecule has 0 atom stereocenters. The first-order valence-electron chi connectivity index (χ1n) is 8.84. The molecule has 0 radical (unpaired) electrons. The fraction of sp³-hybridized carbons (Fsp3) is 0.650. The van der Waals surface area contributed by atoms with Gasteiger partial charge in [-0.2, -0.15) is 0 Å². The van der Waals surface area contributed by atoms with Crippen molar-refractivity contribution in [1.82, 2.24) is 5.32 Å². The van der Waals surface area contributed by atoms with Gasteiger partial charge in [0.25, 0.3) is 5.91 Å². The molecule has 2 rings (SSSR count). The number of nitrogens with two attached hydrogens (primary N) is 1. The van der Waals surface area contributed by atoms with Crippen molar-refractivity contribution in [2.75, 3.05) is 6.61 Å². The van der Waals surface area contributed by atoms with E-state index in [0.717, 1.165) is 29.7 Å². The Morgan fingerprint density at radius 1 is 1.17 bits per heavy atom. The number of hydrogen-bond donors (Lipinski definition) is 2. The SMILES string of the molecule is Cc1cc(C)c(C)c(OCC(=O)NC2CC(C)(C)[NH2+]C(C)(C)C2)c1. The fourth-order valence-corrected chi connectivity index (χ4v) is 4.18. The second-order valence-electron chi connectivity index (χ2n) is 8.79. The molecule has 1 aliphatic heterocycles. The average molecular weight is 333 g/mol. The third kappa shape index (κ3) is 4.97. The van der Waals surface area contributed by atoms with E-state index in [1.165, 1.54) is 5.56 Å². The predicted octanol–water partition coefficient (Wildman–Crippen LogP) is 2.39. The van der Waals surface area contributed by atoms with Gasteiger partial charge in [-0.25, -0.2) is 0 Å². The number of nitrogens with one attached hydrogen (secondary N) is 1. The van der Waals surface area contributed by atoms with Crippen LogP contribution in [-0.4, -0.2) is 29.6 Å². The van der Waals surface area contributed by atoms with E-state index < -0.39 is 0 Å². The van der Waals surface area contributed by atoms with Crippen molar-refractivity contribution in [1.29, 1.82) is 0 Å². The van der Waals surface area contributed by atoms with E-state index in [-0.39, 0.29) is 29.6 Å². The fourth-order valence-electron chi connectivity index (χ4n) is 4.18. The van der Waals surface area contributed by atoms with Crippen molar-refractivity contribution in [2.24, 2.45) is 0 Å². The number of benzene rings is 1. The van der Waals surface area contributed by atoms with Gasteiger partial charge in [-0.1, -0.05) is 6.07 Å². The van der Waals surface area contributed by atoms with Gasteiger partial charge in [0.15, 0.2) is 6.61 Å². The number of amides is 1. The number of carbonyl (C=O) groups excluding carboxylic acids is 1. The normalized spacial score (nSPS) is 19.8. The molecule has 1 aliphatic rings. The summed E-state index contributed by atoms with van der Waals surface area (Å²) in [5, 5.41) is 5.58. The molecule has 1 aromatic rings. The first-order chi connectivity index (χ1) is 11.0. The quantitative estimate of drug-likeness (QED) is 0.889. The third-order valence-corrected chi connectivity index (χ3v) is 4.81. The van der Waals surface area contributed by atoms with E-state index in [9.17, 15) is 4.79 Å². The first-order valence-corrected chi connectivity index (χ1v) is 8.84. The van der Waals surface area contributed by atoms with Crippen LogP contribution in [0.3, 0.4) is 0 Å². The first kappa shape index (κ1) is 18.8. The zero-order valence-electron chi connectivity index (χ0n) is 16.2. The molecule has 24 heavy (non-hydrogen) atoms. The maximum Gasteiger partial charge on any atom is 0.258 e. The second kappa shape index (κ2) is 6.75. The monoisotopic (exact) mass is 333 g/mol. The number of hydrogen-bond acceptors (Lipinski definition) is 2. The van der Waals surface area contributed by atoms with Crippen molar-refractivity contribution in [2.45, 2.75) is 78.4 Å². The summed E-state index contributed by atoms with van der Waals surface area (Å²) in [5.74, 6) is 0.771. The molecular weight excluding hydrogens is 300 g/mol. The summed E-state index contributed by atoms with van der Waals surface area (Å²) in [6, 6.07) is 4.33. The molecule has 1 fully saturated rings. The Bertz CT molecular complexity index is 604. The molecule has 0 aliphatic carbocycles. The van der Waals surface area contributed by atoms with Crippen LogP contribution in [0.15, 0.2) is 12.1 Å². The van der Waals surface area contributed by atoms with Gasteiger partial charge in [0.05, 0.1) is 11.1 Å². The molecule has 0 unspecified atom stereocenters. The van der Waals surface area contributed by atoms with Crippen LogP contribution >= 0.6 is 0 Å². The van der Waals surface area contributed by atoms with Gasteiger partial charge < -0.3 is 15.4 Å². The molecule has 4 heteroatoms. The van der Waals surface area contributed by atoms with Crippen molar-refractivity contribution in [3.05, 3.63) is 28.8 Å². The minimum atomic E-state index is -0.0351. The number of quaternary nitrogens is 1. The Morgan fingerprint density at radius 2 is 1.75 bits per heavy atom. The number of carbonyl (C=O) groups is 1. The second-order valence-corrected chi connectivity index (χ2v) is 8.79. The lowest BCUT2D eigenvalue weighted by atomic mass is 9.79. The maximum absolute atomic E-state index is 12.3. The molecule has 0 bridgehead atoms. The number of ether oxygens (including phenoxy) is 1. The van der Waals surface area contributed by atoms with Gasteiger partial charge in [-0.15, -0.1) is 0 Å². The smallest absolute Gasteiger partial charge is 0.258 e.